The van der Waals surface area contributed by atoms with Crippen molar-refractivity contribution in [1.82, 2.24) is 20.1 Å². The van der Waals surface area contributed by atoms with Crippen molar-refractivity contribution in [2.75, 3.05) is 26.2 Å². The Morgan fingerprint density at radius 1 is 0.892 bits per heavy atom. The zero-order valence-corrected chi connectivity index (χ0v) is 19.7. The second-order valence-corrected chi connectivity index (χ2v) is 8.59. The van der Waals surface area contributed by atoms with Gasteiger partial charge in [-0.2, -0.15) is 0 Å². The third-order valence-corrected chi connectivity index (χ3v) is 6.35. The van der Waals surface area contributed by atoms with E-state index in [1.807, 2.05) is 6.07 Å². The summed E-state index contributed by atoms with van der Waals surface area (Å²) in [6.45, 7) is 1.03. The van der Waals surface area contributed by atoms with Gasteiger partial charge in [0.1, 0.15) is 11.6 Å². The van der Waals surface area contributed by atoms with Crippen LogP contribution in [0.2, 0.25) is 0 Å². The maximum Gasteiger partial charge on any atom is 0.295 e. The average Bonchev–Trinajstić information content (AvgIpc) is 3.62. The highest BCUT2D eigenvalue weighted by molar-refractivity contribution is 6.45. The maximum absolute atomic E-state index is 14.8. The summed E-state index contributed by atoms with van der Waals surface area (Å²) in [5.74, 6) is -2.50. The first-order chi connectivity index (χ1) is 17.9. The average molecular weight is 503 g/mol. The number of H-pyrrole nitrogens is 1. The molecule has 4 aromatic rings. The van der Waals surface area contributed by atoms with Crippen molar-refractivity contribution < 1.29 is 28.0 Å². The number of hydrogen-bond donors (Lipinski definition) is 2. The molecule has 1 saturated heterocycles. The number of benzene rings is 2. The number of Topliss-reactive ketones (excluding diaryl/α,β-unsaturated/α-hetero) is 1. The lowest BCUT2D eigenvalue weighted by Gasteiger charge is -2.34. The Bertz CT molecular complexity index is 1470. The number of hydrogen-bond acceptors (Lipinski definition) is 5. The van der Waals surface area contributed by atoms with Crippen molar-refractivity contribution >= 4 is 34.4 Å². The van der Waals surface area contributed by atoms with Crippen LogP contribution in [0.25, 0.3) is 10.9 Å². The molecule has 9 nitrogen and oxygen atoms in total. The number of halogens is 1. The van der Waals surface area contributed by atoms with Crippen LogP contribution in [0.3, 0.4) is 0 Å². The van der Waals surface area contributed by atoms with Gasteiger partial charge in [0.15, 0.2) is 0 Å². The van der Waals surface area contributed by atoms with Gasteiger partial charge in [0.2, 0.25) is 0 Å². The van der Waals surface area contributed by atoms with E-state index in [9.17, 15) is 23.6 Å². The van der Waals surface area contributed by atoms with Crippen molar-refractivity contribution in [3.05, 3.63) is 95.3 Å². The van der Waals surface area contributed by atoms with Crippen molar-refractivity contribution in [2.45, 2.75) is 6.54 Å². The Morgan fingerprint density at radius 3 is 2.32 bits per heavy atom. The summed E-state index contributed by atoms with van der Waals surface area (Å²) < 4.78 is 20.0. The van der Waals surface area contributed by atoms with Crippen LogP contribution in [-0.2, 0) is 11.3 Å². The lowest BCUT2D eigenvalue weighted by molar-refractivity contribution is -0.127. The van der Waals surface area contributed by atoms with Gasteiger partial charge < -0.3 is 24.5 Å². The number of fused-ring (bicyclic) bond motifs is 1. The van der Waals surface area contributed by atoms with Crippen molar-refractivity contribution in [3.8, 4) is 0 Å². The Morgan fingerprint density at radius 2 is 1.62 bits per heavy atom. The molecule has 3 heterocycles. The summed E-state index contributed by atoms with van der Waals surface area (Å²) in [4.78, 5) is 57.2. The van der Waals surface area contributed by atoms with Gasteiger partial charge in [0.25, 0.3) is 23.5 Å². The van der Waals surface area contributed by atoms with E-state index >= 15 is 0 Å². The minimum Gasteiger partial charge on any atom is -0.467 e. The smallest absolute Gasteiger partial charge is 0.295 e. The molecule has 3 amide bonds. The van der Waals surface area contributed by atoms with Crippen molar-refractivity contribution in [1.29, 1.82) is 0 Å². The lowest BCUT2D eigenvalue weighted by atomic mass is 10.0. The fourth-order valence-corrected chi connectivity index (χ4v) is 4.39. The van der Waals surface area contributed by atoms with Crippen LogP contribution in [0.15, 0.2) is 71.5 Å². The van der Waals surface area contributed by atoms with Crippen LogP contribution in [0, 0.1) is 5.82 Å². The standard InChI is InChI=1S/C27H23FN4O5/c28-21-9-8-19(25(34)30-15-18-7-4-14-37-18)23-22(21)20(16-29-23)24(33)27(36)32-12-10-31(11-13-32)26(35)17-5-2-1-3-6-17/h1-9,14,16,29H,10-13,15H2,(H,30,34). The molecule has 1 aliphatic heterocycles. The van der Waals surface area contributed by atoms with E-state index in [0.717, 1.165) is 6.07 Å². The molecule has 188 valence electrons. The van der Waals surface area contributed by atoms with E-state index in [2.05, 4.69) is 10.3 Å². The molecule has 0 unspecified atom stereocenters. The SMILES string of the molecule is O=C(NCc1ccco1)c1ccc(F)c2c(C(=O)C(=O)N3CCN(C(=O)c4ccccc4)CC3)c[nH]c12. The maximum atomic E-state index is 14.8. The Balaban J connectivity index is 1.29. The van der Waals surface area contributed by atoms with Crippen LogP contribution in [-0.4, -0.2) is 64.5 Å². The Labute approximate surface area is 210 Å². The summed E-state index contributed by atoms with van der Waals surface area (Å²) in [6.07, 6.45) is 2.73. The first kappa shape index (κ1) is 24.0. The topological polar surface area (TPSA) is 116 Å². The second kappa shape index (κ2) is 10.1. The molecule has 0 aliphatic carbocycles. The molecule has 0 saturated carbocycles. The number of piperazine rings is 1. The van der Waals surface area contributed by atoms with Crippen LogP contribution in [0.4, 0.5) is 4.39 Å². The molecule has 1 aliphatic rings. The van der Waals surface area contributed by atoms with Crippen LogP contribution in [0.5, 0.6) is 0 Å². The van der Waals surface area contributed by atoms with Gasteiger partial charge in [-0.25, -0.2) is 4.39 Å². The molecule has 0 bridgehead atoms. The van der Waals surface area contributed by atoms with Crippen LogP contribution >= 0.6 is 0 Å². The largest absolute Gasteiger partial charge is 0.467 e. The molecule has 5 rings (SSSR count). The van der Waals surface area contributed by atoms with E-state index in [4.69, 9.17) is 4.42 Å². The monoisotopic (exact) mass is 502 g/mol. The number of ketones is 1. The molecule has 0 atom stereocenters. The summed E-state index contributed by atoms with van der Waals surface area (Å²) in [5.41, 5.74) is 0.645. The lowest BCUT2D eigenvalue weighted by Crippen LogP contribution is -2.52. The number of amides is 3. The molecular formula is C27H23FN4O5. The van der Waals surface area contributed by atoms with E-state index in [0.29, 0.717) is 11.3 Å². The third kappa shape index (κ3) is 4.73. The highest BCUT2D eigenvalue weighted by atomic mass is 19.1. The highest BCUT2D eigenvalue weighted by Crippen LogP contribution is 2.26. The number of aromatic amines is 1. The van der Waals surface area contributed by atoms with Crippen LogP contribution < -0.4 is 5.32 Å². The zero-order valence-electron chi connectivity index (χ0n) is 19.7. The number of rotatable bonds is 6. The third-order valence-electron chi connectivity index (χ3n) is 6.35. The van der Waals surface area contributed by atoms with Gasteiger partial charge in [-0.1, -0.05) is 18.2 Å². The van der Waals surface area contributed by atoms with Gasteiger partial charge in [-0.15, -0.1) is 0 Å². The normalized spacial score (nSPS) is 13.5. The fraction of sp³-hybridized carbons (Fsp3) is 0.185. The fourth-order valence-electron chi connectivity index (χ4n) is 4.39. The number of carbonyl (C=O) groups is 4. The van der Waals surface area contributed by atoms with E-state index in [1.165, 1.54) is 23.4 Å². The quantitative estimate of drug-likeness (QED) is 0.311. The van der Waals surface area contributed by atoms with E-state index in [1.54, 1.807) is 41.3 Å². The first-order valence-electron chi connectivity index (χ1n) is 11.7. The summed E-state index contributed by atoms with van der Waals surface area (Å²) in [5, 5.41) is 2.56. The molecule has 2 aromatic carbocycles. The minimum atomic E-state index is -0.888. The summed E-state index contributed by atoms with van der Waals surface area (Å²) in [7, 11) is 0. The van der Waals surface area contributed by atoms with Gasteiger partial charge in [-0.3, -0.25) is 19.2 Å². The number of nitrogens with one attached hydrogen (secondary N) is 2. The van der Waals surface area contributed by atoms with Crippen molar-refractivity contribution in [2.24, 2.45) is 0 Å². The molecule has 0 spiro atoms. The predicted octanol–water partition coefficient (Wildman–Crippen LogP) is 3.00. The number of furan rings is 1. The summed E-state index contributed by atoms with van der Waals surface area (Å²) >= 11 is 0. The Hall–Kier alpha value is -4.73. The van der Waals surface area contributed by atoms with Crippen molar-refractivity contribution in [3.63, 3.8) is 0 Å². The van der Waals surface area contributed by atoms with Gasteiger partial charge in [0.05, 0.1) is 29.5 Å². The summed E-state index contributed by atoms with van der Waals surface area (Å²) in [6, 6.07) is 14.6. The molecule has 0 radical (unpaired) electrons. The molecule has 10 heteroatoms. The van der Waals surface area contributed by atoms with E-state index < -0.39 is 23.4 Å². The second-order valence-electron chi connectivity index (χ2n) is 8.59. The molecule has 2 N–H and O–H groups in total. The van der Waals surface area contributed by atoms with Gasteiger partial charge >= 0.3 is 0 Å². The van der Waals surface area contributed by atoms with E-state index in [-0.39, 0.29) is 60.7 Å². The number of carbonyl (C=O) groups excluding carboxylic acids is 4. The van der Waals surface area contributed by atoms with Gasteiger partial charge in [-0.05, 0) is 36.4 Å². The zero-order chi connectivity index (χ0) is 25.9. The van der Waals surface area contributed by atoms with Gasteiger partial charge in [0, 0.05) is 43.3 Å². The Kier molecular flexibility index (Phi) is 6.55. The molecule has 1 fully saturated rings. The highest BCUT2D eigenvalue weighted by Gasteiger charge is 2.31. The number of aromatic nitrogens is 1. The first-order valence-corrected chi connectivity index (χ1v) is 11.7. The molecule has 2 aromatic heterocycles. The molecular weight excluding hydrogens is 479 g/mol. The van der Waals surface area contributed by atoms with Crippen LogP contribution in [0.1, 0.15) is 36.8 Å². The number of nitrogens with zero attached hydrogens (tertiary/aromatic N) is 2. The molecule has 37 heavy (non-hydrogen) atoms. The predicted molar refractivity (Wildman–Crippen MR) is 131 cm³/mol. The minimum absolute atomic E-state index is 0.117.